The molecule has 0 saturated heterocycles. The fraction of sp³-hybridized carbons (Fsp3) is 0.318. The first-order valence-electron chi connectivity index (χ1n) is 10.1. The summed E-state index contributed by atoms with van der Waals surface area (Å²) in [5, 5.41) is 6.97. The Labute approximate surface area is 188 Å². The third-order valence-corrected chi connectivity index (χ3v) is 4.37. The Morgan fingerprint density at radius 1 is 1.12 bits per heavy atom. The van der Waals surface area contributed by atoms with Crippen molar-refractivity contribution in [3.8, 4) is 23.1 Å². The van der Waals surface area contributed by atoms with E-state index >= 15 is 0 Å². The summed E-state index contributed by atoms with van der Waals surface area (Å²) in [5.41, 5.74) is 0.452. The molecule has 1 amide bonds. The Kier molecular flexibility index (Phi) is 8.01. The highest BCUT2D eigenvalue weighted by molar-refractivity contribution is 5.91. The van der Waals surface area contributed by atoms with E-state index in [2.05, 4.69) is 15.4 Å². The third-order valence-electron chi connectivity index (χ3n) is 4.37. The van der Waals surface area contributed by atoms with Gasteiger partial charge in [-0.25, -0.2) is 4.68 Å². The lowest BCUT2D eigenvalue weighted by molar-refractivity contribution is -0.137. The lowest BCUT2D eigenvalue weighted by Crippen LogP contribution is -2.17. The minimum atomic E-state index is -4.50. The Morgan fingerprint density at radius 2 is 1.88 bits per heavy atom. The summed E-state index contributed by atoms with van der Waals surface area (Å²) < 4.78 is 56.6. The molecule has 1 N–H and O–H groups in total. The van der Waals surface area contributed by atoms with Crippen LogP contribution in [0.3, 0.4) is 0 Å². The largest absolute Gasteiger partial charge is 0.460 e. The lowest BCUT2D eigenvalue weighted by Gasteiger charge is -2.10. The zero-order valence-electron chi connectivity index (χ0n) is 18.1. The van der Waals surface area contributed by atoms with Crippen molar-refractivity contribution < 1.29 is 32.2 Å². The maximum Gasteiger partial charge on any atom is 0.416 e. The predicted molar refractivity (Wildman–Crippen MR) is 114 cm³/mol. The number of alkyl halides is 3. The van der Waals surface area contributed by atoms with Gasteiger partial charge in [-0.1, -0.05) is 12.1 Å². The highest BCUT2D eigenvalue weighted by Gasteiger charge is 2.31. The molecule has 0 aliphatic carbocycles. The van der Waals surface area contributed by atoms with Crippen LogP contribution in [0.5, 0.6) is 6.01 Å². The second-order valence-electron chi connectivity index (χ2n) is 6.78. The van der Waals surface area contributed by atoms with Crippen molar-refractivity contribution in [1.82, 2.24) is 14.8 Å². The highest BCUT2D eigenvalue weighted by Crippen LogP contribution is 2.33. The van der Waals surface area contributed by atoms with Gasteiger partial charge in [-0.15, -0.1) is 5.10 Å². The van der Waals surface area contributed by atoms with Crippen LogP contribution in [0.4, 0.5) is 18.9 Å². The van der Waals surface area contributed by atoms with Gasteiger partial charge in [0.15, 0.2) is 5.82 Å². The first-order valence-corrected chi connectivity index (χ1v) is 10.1. The van der Waals surface area contributed by atoms with E-state index in [1.807, 2.05) is 6.92 Å². The van der Waals surface area contributed by atoms with Crippen molar-refractivity contribution >= 4 is 11.6 Å². The van der Waals surface area contributed by atoms with Gasteiger partial charge < -0.3 is 19.5 Å². The fourth-order valence-electron chi connectivity index (χ4n) is 2.91. The van der Waals surface area contributed by atoms with E-state index in [1.165, 1.54) is 23.9 Å². The molecule has 3 rings (SSSR count). The normalized spacial score (nSPS) is 11.4. The van der Waals surface area contributed by atoms with Crippen molar-refractivity contribution in [2.45, 2.75) is 13.1 Å². The van der Waals surface area contributed by atoms with E-state index in [0.29, 0.717) is 24.6 Å². The molecule has 33 heavy (non-hydrogen) atoms. The van der Waals surface area contributed by atoms with Gasteiger partial charge in [0.1, 0.15) is 13.2 Å². The third kappa shape index (κ3) is 6.53. The first-order chi connectivity index (χ1) is 15.8. The number of aromatic nitrogens is 3. The molecule has 0 bridgehead atoms. The summed E-state index contributed by atoms with van der Waals surface area (Å²) in [6.45, 7) is 2.78. The Bertz CT molecular complexity index is 1070. The molecule has 3 aromatic rings. The number of carbonyl (C=O) groups is 1. The van der Waals surface area contributed by atoms with Gasteiger partial charge in [-0.05, 0) is 43.3 Å². The van der Waals surface area contributed by atoms with Crippen LogP contribution in [0.15, 0.2) is 48.5 Å². The van der Waals surface area contributed by atoms with E-state index in [1.54, 1.807) is 24.3 Å². The summed E-state index contributed by atoms with van der Waals surface area (Å²) in [6.07, 6.45) is -4.50. The second kappa shape index (κ2) is 10.9. The molecule has 0 aliphatic rings. The van der Waals surface area contributed by atoms with Crippen LogP contribution in [0.2, 0.25) is 0 Å². The van der Waals surface area contributed by atoms with Gasteiger partial charge in [-0.3, -0.25) is 4.79 Å². The van der Waals surface area contributed by atoms with E-state index in [9.17, 15) is 18.0 Å². The number of nitrogens with one attached hydrogen (secondary N) is 1. The van der Waals surface area contributed by atoms with E-state index in [-0.39, 0.29) is 36.5 Å². The van der Waals surface area contributed by atoms with E-state index in [4.69, 9.17) is 14.2 Å². The molecule has 11 heteroatoms. The first kappa shape index (κ1) is 24.2. The number of benzene rings is 2. The number of carbonyl (C=O) groups excluding carboxylic acids is 1. The van der Waals surface area contributed by atoms with Gasteiger partial charge in [0.25, 0.3) is 0 Å². The zero-order valence-corrected chi connectivity index (χ0v) is 18.1. The van der Waals surface area contributed by atoms with Crippen LogP contribution in [-0.4, -0.2) is 54.2 Å². The molecule has 1 aromatic heterocycles. The molecule has 176 valence electrons. The SMILES string of the molecule is CCOCCOc1nc(-c2cccc(C(F)(F)F)c2)n(-c2ccc(NC(=O)COC)cc2)n1. The van der Waals surface area contributed by atoms with Gasteiger partial charge in [0.2, 0.25) is 5.91 Å². The number of hydrogen-bond acceptors (Lipinski definition) is 6. The van der Waals surface area contributed by atoms with E-state index in [0.717, 1.165) is 12.1 Å². The number of nitrogens with zero attached hydrogens (tertiary/aromatic N) is 3. The van der Waals surface area contributed by atoms with Crippen molar-refractivity contribution in [3.05, 3.63) is 54.1 Å². The van der Waals surface area contributed by atoms with Crippen LogP contribution >= 0.6 is 0 Å². The number of ether oxygens (including phenoxy) is 3. The van der Waals surface area contributed by atoms with Crippen molar-refractivity contribution in [1.29, 1.82) is 0 Å². The Hall–Kier alpha value is -3.44. The molecule has 0 aliphatic heterocycles. The maximum absolute atomic E-state index is 13.2. The summed E-state index contributed by atoms with van der Waals surface area (Å²) in [6, 6.07) is 11.4. The number of amides is 1. The molecule has 8 nitrogen and oxygen atoms in total. The topological polar surface area (TPSA) is 87.5 Å². The number of anilines is 1. The number of hydrogen-bond donors (Lipinski definition) is 1. The van der Waals surface area contributed by atoms with Gasteiger partial charge in [0.05, 0.1) is 17.9 Å². The second-order valence-corrected chi connectivity index (χ2v) is 6.78. The minimum absolute atomic E-state index is 0.000381. The monoisotopic (exact) mass is 464 g/mol. The number of methoxy groups -OCH3 is 1. The molecule has 0 spiro atoms. The number of rotatable bonds is 10. The van der Waals surface area contributed by atoms with Crippen LogP contribution in [-0.2, 0) is 20.4 Å². The quantitative estimate of drug-likeness (QED) is 0.457. The van der Waals surface area contributed by atoms with Crippen molar-refractivity contribution in [2.75, 3.05) is 38.9 Å². The van der Waals surface area contributed by atoms with Crippen LogP contribution in [0, 0.1) is 0 Å². The van der Waals surface area contributed by atoms with Crippen molar-refractivity contribution in [3.63, 3.8) is 0 Å². The fourth-order valence-corrected chi connectivity index (χ4v) is 2.91. The molecule has 1 heterocycles. The molecule has 0 radical (unpaired) electrons. The average Bonchev–Trinajstić information content (AvgIpc) is 3.21. The summed E-state index contributed by atoms with van der Waals surface area (Å²) in [5.74, 6) is -0.149. The number of halogens is 3. The van der Waals surface area contributed by atoms with Gasteiger partial charge in [-0.2, -0.15) is 18.2 Å². The van der Waals surface area contributed by atoms with E-state index < -0.39 is 11.7 Å². The predicted octanol–water partition coefficient (Wildman–Crippen LogP) is 3.95. The lowest BCUT2D eigenvalue weighted by atomic mass is 10.1. The van der Waals surface area contributed by atoms with Crippen molar-refractivity contribution in [2.24, 2.45) is 0 Å². The minimum Gasteiger partial charge on any atom is -0.460 e. The Balaban J connectivity index is 1.94. The van der Waals surface area contributed by atoms with Crippen LogP contribution in [0.1, 0.15) is 12.5 Å². The average molecular weight is 464 g/mol. The molecular weight excluding hydrogens is 441 g/mol. The van der Waals surface area contributed by atoms with Gasteiger partial charge in [0, 0.05) is 25.0 Å². The molecule has 0 saturated carbocycles. The standard InChI is InChI=1S/C22H23F3N4O4/c1-3-32-11-12-33-21-27-20(15-5-4-6-16(13-15)22(23,24)25)29(28-21)18-9-7-17(8-10-18)26-19(30)14-31-2/h4-10,13H,3,11-12,14H2,1-2H3,(H,26,30). The van der Waals surface area contributed by atoms with Crippen LogP contribution in [0.25, 0.3) is 17.1 Å². The zero-order chi connectivity index (χ0) is 23.8. The maximum atomic E-state index is 13.2. The molecule has 0 atom stereocenters. The molecule has 0 fully saturated rings. The molecule has 2 aromatic carbocycles. The highest BCUT2D eigenvalue weighted by atomic mass is 19.4. The smallest absolute Gasteiger partial charge is 0.416 e. The van der Waals surface area contributed by atoms with Gasteiger partial charge >= 0.3 is 12.2 Å². The molecular formula is C22H23F3N4O4. The Morgan fingerprint density at radius 3 is 2.55 bits per heavy atom. The summed E-state index contributed by atoms with van der Waals surface area (Å²) in [7, 11) is 1.41. The summed E-state index contributed by atoms with van der Waals surface area (Å²) >= 11 is 0. The molecule has 0 unspecified atom stereocenters. The summed E-state index contributed by atoms with van der Waals surface area (Å²) in [4.78, 5) is 16.0. The van der Waals surface area contributed by atoms with Crippen LogP contribution < -0.4 is 10.1 Å².